The Bertz CT molecular complexity index is 764. The third kappa shape index (κ3) is 2.99. The maximum absolute atomic E-state index is 12.9. The predicted octanol–water partition coefficient (Wildman–Crippen LogP) is 2.63. The summed E-state index contributed by atoms with van der Waals surface area (Å²) >= 11 is 0. The van der Waals surface area contributed by atoms with Crippen LogP contribution in [0.1, 0.15) is 13.8 Å². The van der Waals surface area contributed by atoms with E-state index in [9.17, 15) is 8.42 Å². The van der Waals surface area contributed by atoms with E-state index in [1.807, 2.05) is 44.2 Å². The largest absolute Gasteiger partial charge is 0.311 e. The maximum Gasteiger partial charge on any atom is 0.243 e. The summed E-state index contributed by atoms with van der Waals surface area (Å²) in [6.07, 6.45) is 0. The summed E-state index contributed by atoms with van der Waals surface area (Å²) in [4.78, 5) is 0.377. The molecular formula is C16H21ClN2O2S. The fraction of sp³-hybridized carbons (Fsp3) is 0.375. The van der Waals surface area contributed by atoms with Gasteiger partial charge in [-0.1, -0.05) is 30.3 Å². The smallest absolute Gasteiger partial charge is 0.243 e. The number of hydrogen-bond donors (Lipinski definition) is 1. The van der Waals surface area contributed by atoms with E-state index in [4.69, 9.17) is 0 Å². The first-order chi connectivity index (χ1) is 10.00. The van der Waals surface area contributed by atoms with E-state index in [0.717, 1.165) is 10.8 Å². The van der Waals surface area contributed by atoms with Crippen molar-refractivity contribution >= 4 is 33.2 Å². The summed E-state index contributed by atoms with van der Waals surface area (Å²) in [7, 11) is -3.44. The number of halogens is 1. The second-order valence-corrected chi connectivity index (χ2v) is 7.50. The van der Waals surface area contributed by atoms with Crippen molar-refractivity contribution in [1.29, 1.82) is 0 Å². The number of nitrogens with one attached hydrogen (secondary N) is 1. The molecule has 1 saturated heterocycles. The SMILES string of the molecule is CC1NCCN(S(=O)(=O)c2ccc3ccccc3c2)C1C.Cl. The zero-order chi connectivity index (χ0) is 15.0. The number of nitrogens with zero attached hydrogens (tertiary/aromatic N) is 1. The summed E-state index contributed by atoms with van der Waals surface area (Å²) in [5.41, 5.74) is 0. The lowest BCUT2D eigenvalue weighted by Crippen LogP contribution is -2.57. The van der Waals surface area contributed by atoms with Gasteiger partial charge in [0.2, 0.25) is 10.0 Å². The Labute approximate surface area is 138 Å². The molecule has 4 nitrogen and oxygen atoms in total. The van der Waals surface area contributed by atoms with Crippen molar-refractivity contribution in [1.82, 2.24) is 9.62 Å². The molecule has 0 aromatic heterocycles. The molecule has 3 rings (SSSR count). The van der Waals surface area contributed by atoms with Crippen molar-refractivity contribution in [3.63, 3.8) is 0 Å². The van der Waals surface area contributed by atoms with Gasteiger partial charge in [0.05, 0.1) is 4.90 Å². The van der Waals surface area contributed by atoms with Crippen molar-refractivity contribution in [2.75, 3.05) is 13.1 Å². The van der Waals surface area contributed by atoms with Gasteiger partial charge in [0.25, 0.3) is 0 Å². The van der Waals surface area contributed by atoms with E-state index in [0.29, 0.717) is 18.0 Å². The lowest BCUT2D eigenvalue weighted by atomic mass is 10.1. The number of benzene rings is 2. The van der Waals surface area contributed by atoms with Crippen LogP contribution in [0.5, 0.6) is 0 Å². The van der Waals surface area contributed by atoms with E-state index in [2.05, 4.69) is 5.32 Å². The molecule has 1 aliphatic rings. The van der Waals surface area contributed by atoms with Crippen molar-refractivity contribution in [2.24, 2.45) is 0 Å². The second kappa shape index (κ2) is 6.54. The lowest BCUT2D eigenvalue weighted by molar-refractivity contribution is 0.233. The van der Waals surface area contributed by atoms with Crippen molar-refractivity contribution in [3.05, 3.63) is 42.5 Å². The van der Waals surface area contributed by atoms with Gasteiger partial charge in [-0.05, 0) is 36.8 Å². The van der Waals surface area contributed by atoms with Gasteiger partial charge in [0, 0.05) is 25.2 Å². The molecule has 2 unspecified atom stereocenters. The molecule has 0 bridgehead atoms. The Hall–Kier alpha value is -1.14. The minimum atomic E-state index is -3.44. The van der Waals surface area contributed by atoms with Crippen LogP contribution in [0.15, 0.2) is 47.4 Å². The third-order valence-corrected chi connectivity index (χ3v) is 6.29. The third-order valence-electron chi connectivity index (χ3n) is 4.30. The summed E-state index contributed by atoms with van der Waals surface area (Å²) in [5.74, 6) is 0. The van der Waals surface area contributed by atoms with E-state index >= 15 is 0 Å². The van der Waals surface area contributed by atoms with Crippen LogP contribution >= 0.6 is 12.4 Å². The Kier molecular flexibility index (Phi) is 5.12. The standard InChI is InChI=1S/C16H20N2O2S.ClH/c1-12-13(2)18(10-9-17-12)21(19,20)16-8-7-14-5-3-4-6-15(14)11-16;/h3-8,11-13,17H,9-10H2,1-2H3;1H. The van der Waals surface area contributed by atoms with Crippen molar-refractivity contribution < 1.29 is 8.42 Å². The molecule has 1 heterocycles. The molecular weight excluding hydrogens is 320 g/mol. The Morgan fingerprint density at radius 1 is 1.09 bits per heavy atom. The van der Waals surface area contributed by atoms with E-state index in [1.54, 1.807) is 16.4 Å². The van der Waals surface area contributed by atoms with Crippen LogP contribution in [0.2, 0.25) is 0 Å². The number of piperazine rings is 1. The minimum Gasteiger partial charge on any atom is -0.311 e. The number of fused-ring (bicyclic) bond motifs is 1. The van der Waals surface area contributed by atoms with Gasteiger partial charge in [0.15, 0.2) is 0 Å². The molecule has 1 fully saturated rings. The number of hydrogen-bond acceptors (Lipinski definition) is 3. The van der Waals surface area contributed by atoms with Gasteiger partial charge in [-0.3, -0.25) is 0 Å². The van der Waals surface area contributed by atoms with Crippen LogP contribution in [0, 0.1) is 0 Å². The molecule has 0 spiro atoms. The van der Waals surface area contributed by atoms with Crippen molar-refractivity contribution in [2.45, 2.75) is 30.8 Å². The van der Waals surface area contributed by atoms with Crippen LogP contribution in [-0.2, 0) is 10.0 Å². The Morgan fingerprint density at radius 3 is 2.50 bits per heavy atom. The van der Waals surface area contributed by atoms with E-state index in [1.165, 1.54) is 0 Å². The zero-order valence-electron chi connectivity index (χ0n) is 12.7. The topological polar surface area (TPSA) is 49.4 Å². The van der Waals surface area contributed by atoms with E-state index < -0.39 is 10.0 Å². The van der Waals surface area contributed by atoms with E-state index in [-0.39, 0.29) is 24.5 Å². The van der Waals surface area contributed by atoms with Crippen LogP contribution < -0.4 is 5.32 Å². The molecule has 6 heteroatoms. The molecule has 22 heavy (non-hydrogen) atoms. The average molecular weight is 341 g/mol. The Balaban J connectivity index is 0.00000176. The first kappa shape index (κ1) is 17.2. The highest BCUT2D eigenvalue weighted by Crippen LogP contribution is 2.24. The van der Waals surface area contributed by atoms with Gasteiger partial charge < -0.3 is 5.32 Å². The van der Waals surface area contributed by atoms with Crippen LogP contribution in [0.3, 0.4) is 0 Å². The maximum atomic E-state index is 12.9. The molecule has 1 N–H and O–H groups in total. The molecule has 2 aromatic rings. The molecule has 1 aliphatic heterocycles. The summed E-state index contributed by atoms with van der Waals surface area (Å²) < 4.78 is 27.4. The first-order valence-corrected chi connectivity index (χ1v) is 8.68. The lowest BCUT2D eigenvalue weighted by Gasteiger charge is -2.37. The molecule has 120 valence electrons. The van der Waals surface area contributed by atoms with Crippen LogP contribution in [-0.4, -0.2) is 37.9 Å². The molecule has 0 amide bonds. The molecule has 0 aliphatic carbocycles. The van der Waals surface area contributed by atoms with Gasteiger partial charge in [0.1, 0.15) is 0 Å². The fourth-order valence-electron chi connectivity index (χ4n) is 2.83. The van der Waals surface area contributed by atoms with Gasteiger partial charge in [-0.25, -0.2) is 8.42 Å². The van der Waals surface area contributed by atoms with Crippen LogP contribution in [0.25, 0.3) is 10.8 Å². The highest BCUT2D eigenvalue weighted by Gasteiger charge is 2.34. The monoisotopic (exact) mass is 340 g/mol. The van der Waals surface area contributed by atoms with Crippen LogP contribution in [0.4, 0.5) is 0 Å². The normalized spacial score (nSPS) is 23.2. The second-order valence-electron chi connectivity index (χ2n) is 5.61. The molecule has 2 atom stereocenters. The zero-order valence-corrected chi connectivity index (χ0v) is 14.3. The highest BCUT2D eigenvalue weighted by molar-refractivity contribution is 7.89. The van der Waals surface area contributed by atoms with Gasteiger partial charge in [-0.15, -0.1) is 12.4 Å². The van der Waals surface area contributed by atoms with Crippen molar-refractivity contribution in [3.8, 4) is 0 Å². The summed E-state index contributed by atoms with van der Waals surface area (Å²) in [5, 5.41) is 5.32. The first-order valence-electron chi connectivity index (χ1n) is 7.24. The molecule has 0 radical (unpaired) electrons. The predicted molar refractivity (Wildman–Crippen MR) is 92.0 cm³/mol. The fourth-order valence-corrected chi connectivity index (χ4v) is 4.57. The Morgan fingerprint density at radius 2 is 1.77 bits per heavy atom. The number of sulfonamides is 1. The average Bonchev–Trinajstić information content (AvgIpc) is 2.49. The van der Waals surface area contributed by atoms with Gasteiger partial charge >= 0.3 is 0 Å². The minimum absolute atomic E-state index is 0. The van der Waals surface area contributed by atoms with Gasteiger partial charge in [-0.2, -0.15) is 4.31 Å². The molecule has 2 aromatic carbocycles. The summed E-state index contributed by atoms with van der Waals surface area (Å²) in [6.45, 7) is 5.18. The number of rotatable bonds is 2. The summed E-state index contributed by atoms with van der Waals surface area (Å²) in [6, 6.07) is 13.3. The quantitative estimate of drug-likeness (QED) is 0.914. The molecule has 0 saturated carbocycles. The highest BCUT2D eigenvalue weighted by atomic mass is 35.5.